The summed E-state index contributed by atoms with van der Waals surface area (Å²) in [4.78, 5) is 25.1. The average molecular weight is 438 g/mol. The van der Waals surface area contributed by atoms with Crippen LogP contribution in [0.2, 0.25) is 10.0 Å². The van der Waals surface area contributed by atoms with E-state index < -0.39 is 0 Å². The predicted octanol–water partition coefficient (Wildman–Crippen LogP) is 6.64. The molecule has 0 radical (unpaired) electrons. The molecule has 0 aliphatic carbocycles. The summed E-state index contributed by atoms with van der Waals surface area (Å²) >= 11 is 12.1. The summed E-state index contributed by atoms with van der Waals surface area (Å²) < 4.78 is 6.01. The summed E-state index contributed by atoms with van der Waals surface area (Å²) in [5.74, 6) is 0.126. The van der Waals surface area contributed by atoms with Gasteiger partial charge in [-0.15, -0.1) is 0 Å². The van der Waals surface area contributed by atoms with Crippen LogP contribution in [0.3, 0.4) is 0 Å². The second-order valence-electron chi connectivity index (χ2n) is 7.09. The lowest BCUT2D eigenvalue weighted by molar-refractivity contribution is 0.102. The van der Waals surface area contributed by atoms with Crippen molar-refractivity contribution in [1.82, 2.24) is 0 Å². The first-order chi connectivity index (χ1) is 14.3. The van der Waals surface area contributed by atoms with Crippen LogP contribution in [-0.4, -0.2) is 5.91 Å². The average Bonchev–Trinajstić information content (AvgIpc) is 2.71. The Kier molecular flexibility index (Phi) is 5.37. The van der Waals surface area contributed by atoms with E-state index in [4.69, 9.17) is 27.6 Å². The second kappa shape index (κ2) is 7.98. The molecule has 0 atom stereocenters. The van der Waals surface area contributed by atoms with Crippen molar-refractivity contribution in [2.24, 2.45) is 0 Å². The zero-order valence-electron chi connectivity index (χ0n) is 16.3. The minimum atomic E-state index is -0.322. The monoisotopic (exact) mass is 437 g/mol. The van der Waals surface area contributed by atoms with Crippen molar-refractivity contribution in [2.45, 2.75) is 13.8 Å². The molecular weight excluding hydrogens is 421 g/mol. The number of rotatable bonds is 3. The predicted molar refractivity (Wildman–Crippen MR) is 122 cm³/mol. The number of hydrogen-bond donors (Lipinski definition) is 1. The van der Waals surface area contributed by atoms with Crippen molar-refractivity contribution in [2.75, 3.05) is 5.32 Å². The molecule has 4 nitrogen and oxygen atoms in total. The van der Waals surface area contributed by atoms with Gasteiger partial charge in [-0.2, -0.15) is 0 Å². The zero-order valence-corrected chi connectivity index (χ0v) is 17.8. The van der Waals surface area contributed by atoms with Crippen LogP contribution in [0.1, 0.15) is 21.5 Å². The third-order valence-electron chi connectivity index (χ3n) is 4.77. The molecule has 3 aromatic carbocycles. The van der Waals surface area contributed by atoms with Gasteiger partial charge in [-0.1, -0.05) is 41.4 Å². The van der Waals surface area contributed by atoms with Crippen LogP contribution in [0, 0.1) is 13.8 Å². The van der Waals surface area contributed by atoms with E-state index in [0.717, 1.165) is 11.1 Å². The summed E-state index contributed by atoms with van der Waals surface area (Å²) in [5.41, 5.74) is 3.95. The van der Waals surface area contributed by atoms with Crippen molar-refractivity contribution >= 4 is 45.8 Å². The second-order valence-corrected chi connectivity index (χ2v) is 7.93. The molecule has 0 bridgehead atoms. The number of aryl methyl sites for hydroxylation is 2. The molecule has 0 aliphatic rings. The Bertz CT molecular complexity index is 1340. The first kappa shape index (κ1) is 20.2. The number of carbonyl (C=O) groups excluding carboxylic acids is 1. The van der Waals surface area contributed by atoms with Gasteiger partial charge in [-0.25, -0.2) is 0 Å². The standard InChI is InChI=1S/C24H17Cl2NO3/c1-13-9-14(2)23-18(10-13)21(28)12-22(30-23)15-3-5-16(6-4-15)24(29)27-20-11-17(25)7-8-19(20)26/h3-12H,1-2H3,(H,27,29). The zero-order chi connectivity index (χ0) is 21.4. The maximum atomic E-state index is 12.6. The summed E-state index contributed by atoms with van der Waals surface area (Å²) in [6, 6.07) is 16.9. The minimum absolute atomic E-state index is 0.101. The van der Waals surface area contributed by atoms with E-state index in [9.17, 15) is 9.59 Å². The van der Waals surface area contributed by atoms with E-state index in [0.29, 0.717) is 43.6 Å². The van der Waals surface area contributed by atoms with Crippen LogP contribution >= 0.6 is 23.2 Å². The molecule has 1 amide bonds. The Labute approximate surface area is 183 Å². The van der Waals surface area contributed by atoms with Gasteiger partial charge in [-0.3, -0.25) is 9.59 Å². The lowest BCUT2D eigenvalue weighted by atomic mass is 10.1. The van der Waals surface area contributed by atoms with Crippen molar-refractivity contribution in [3.05, 3.63) is 97.6 Å². The third-order valence-corrected chi connectivity index (χ3v) is 5.33. The van der Waals surface area contributed by atoms with Crippen molar-refractivity contribution in [3.63, 3.8) is 0 Å². The maximum absolute atomic E-state index is 12.6. The topological polar surface area (TPSA) is 59.3 Å². The molecule has 0 aliphatic heterocycles. The SMILES string of the molecule is Cc1cc(C)c2oc(-c3ccc(C(=O)Nc4cc(Cl)ccc4Cl)cc3)cc(=O)c2c1. The number of anilines is 1. The Morgan fingerprint density at radius 1 is 0.933 bits per heavy atom. The Morgan fingerprint density at radius 3 is 2.40 bits per heavy atom. The van der Waals surface area contributed by atoms with Gasteiger partial charge in [0.2, 0.25) is 0 Å². The van der Waals surface area contributed by atoms with Crippen LogP contribution in [0.25, 0.3) is 22.3 Å². The molecule has 1 heterocycles. The molecule has 1 N–H and O–H groups in total. The van der Waals surface area contributed by atoms with Crippen molar-refractivity contribution < 1.29 is 9.21 Å². The highest BCUT2D eigenvalue weighted by Gasteiger charge is 2.12. The van der Waals surface area contributed by atoms with Gasteiger partial charge < -0.3 is 9.73 Å². The first-order valence-electron chi connectivity index (χ1n) is 9.24. The van der Waals surface area contributed by atoms with E-state index in [1.807, 2.05) is 26.0 Å². The number of benzene rings is 3. The maximum Gasteiger partial charge on any atom is 0.255 e. The van der Waals surface area contributed by atoms with Gasteiger partial charge in [0.05, 0.1) is 16.1 Å². The van der Waals surface area contributed by atoms with E-state index in [1.165, 1.54) is 6.07 Å². The van der Waals surface area contributed by atoms with Crippen molar-refractivity contribution in [3.8, 4) is 11.3 Å². The summed E-state index contributed by atoms with van der Waals surface area (Å²) in [5, 5.41) is 4.17. The van der Waals surface area contributed by atoms with Crippen LogP contribution in [0.5, 0.6) is 0 Å². The van der Waals surface area contributed by atoms with E-state index in [2.05, 4.69) is 5.32 Å². The van der Waals surface area contributed by atoms with Gasteiger partial charge >= 0.3 is 0 Å². The number of carbonyl (C=O) groups is 1. The highest BCUT2D eigenvalue weighted by Crippen LogP contribution is 2.27. The molecule has 6 heteroatoms. The molecule has 30 heavy (non-hydrogen) atoms. The molecule has 150 valence electrons. The molecule has 0 fully saturated rings. The van der Waals surface area contributed by atoms with Gasteiger partial charge in [0.15, 0.2) is 5.43 Å². The summed E-state index contributed by atoms with van der Waals surface area (Å²) in [6.45, 7) is 3.86. The van der Waals surface area contributed by atoms with Gasteiger partial charge in [0.25, 0.3) is 5.91 Å². The molecule has 4 aromatic rings. The van der Waals surface area contributed by atoms with E-state index in [1.54, 1.807) is 42.5 Å². The first-order valence-corrected chi connectivity index (χ1v) is 9.99. The molecule has 0 spiro atoms. The fourth-order valence-corrected chi connectivity index (χ4v) is 3.66. The summed E-state index contributed by atoms with van der Waals surface area (Å²) in [7, 11) is 0. The minimum Gasteiger partial charge on any atom is -0.456 e. The Morgan fingerprint density at radius 2 is 1.67 bits per heavy atom. The number of halogens is 2. The summed E-state index contributed by atoms with van der Waals surface area (Å²) in [6.07, 6.45) is 0. The molecule has 1 aromatic heterocycles. The fourth-order valence-electron chi connectivity index (χ4n) is 3.32. The van der Waals surface area contributed by atoms with Gasteiger partial charge in [-0.05, 0) is 61.4 Å². The lowest BCUT2D eigenvalue weighted by Crippen LogP contribution is -2.12. The highest BCUT2D eigenvalue weighted by atomic mass is 35.5. The number of fused-ring (bicyclic) bond motifs is 1. The van der Waals surface area contributed by atoms with Crippen molar-refractivity contribution in [1.29, 1.82) is 0 Å². The third kappa shape index (κ3) is 3.97. The smallest absolute Gasteiger partial charge is 0.255 e. The Hall–Kier alpha value is -3.08. The Balaban J connectivity index is 1.64. The van der Waals surface area contributed by atoms with Crippen LogP contribution in [0.15, 0.2) is 69.9 Å². The van der Waals surface area contributed by atoms with E-state index >= 15 is 0 Å². The largest absolute Gasteiger partial charge is 0.456 e. The van der Waals surface area contributed by atoms with Gasteiger partial charge in [0.1, 0.15) is 11.3 Å². The van der Waals surface area contributed by atoms with Crippen LogP contribution < -0.4 is 10.7 Å². The fraction of sp³-hybridized carbons (Fsp3) is 0.0833. The molecule has 0 saturated heterocycles. The van der Waals surface area contributed by atoms with Gasteiger partial charge in [0, 0.05) is 22.2 Å². The quantitative estimate of drug-likeness (QED) is 0.390. The normalized spacial score (nSPS) is 10.9. The number of nitrogens with one attached hydrogen (secondary N) is 1. The number of hydrogen-bond acceptors (Lipinski definition) is 3. The lowest BCUT2D eigenvalue weighted by Gasteiger charge is -2.09. The molecule has 0 unspecified atom stereocenters. The highest BCUT2D eigenvalue weighted by molar-refractivity contribution is 6.35. The van der Waals surface area contributed by atoms with Crippen LogP contribution in [0.4, 0.5) is 5.69 Å². The molecular formula is C24H17Cl2NO3. The van der Waals surface area contributed by atoms with Crippen LogP contribution in [-0.2, 0) is 0 Å². The number of amides is 1. The molecule has 0 saturated carbocycles. The van der Waals surface area contributed by atoms with E-state index in [-0.39, 0.29) is 11.3 Å². The molecule has 4 rings (SSSR count).